The van der Waals surface area contributed by atoms with E-state index in [9.17, 15) is 0 Å². The molecule has 106 valence electrons. The van der Waals surface area contributed by atoms with E-state index >= 15 is 0 Å². The van der Waals surface area contributed by atoms with Gasteiger partial charge in [0.1, 0.15) is 0 Å². The second-order valence-electron chi connectivity index (χ2n) is 4.80. The number of anilines is 1. The van der Waals surface area contributed by atoms with Gasteiger partial charge in [-0.1, -0.05) is 41.4 Å². The van der Waals surface area contributed by atoms with Crippen LogP contribution in [0.1, 0.15) is 11.1 Å². The van der Waals surface area contributed by atoms with E-state index in [-0.39, 0.29) is 0 Å². The van der Waals surface area contributed by atoms with Crippen molar-refractivity contribution in [3.8, 4) is 0 Å². The Kier molecular flexibility index (Phi) is 5.30. The molecule has 0 aliphatic carbocycles. The van der Waals surface area contributed by atoms with Crippen LogP contribution in [0.4, 0.5) is 5.69 Å². The van der Waals surface area contributed by atoms with Gasteiger partial charge >= 0.3 is 0 Å². The summed E-state index contributed by atoms with van der Waals surface area (Å²) in [7, 11) is 2.04. The minimum atomic E-state index is 0.609. The highest BCUT2D eigenvalue weighted by atomic mass is 35.5. The van der Waals surface area contributed by atoms with Crippen molar-refractivity contribution in [2.24, 2.45) is 5.73 Å². The minimum absolute atomic E-state index is 0.609. The van der Waals surface area contributed by atoms with Crippen LogP contribution >= 0.6 is 23.2 Å². The van der Waals surface area contributed by atoms with Crippen LogP contribution < -0.4 is 10.6 Å². The molecule has 0 heterocycles. The lowest BCUT2D eigenvalue weighted by Crippen LogP contribution is -2.16. The van der Waals surface area contributed by atoms with Gasteiger partial charge in [0.2, 0.25) is 0 Å². The number of hydrogen-bond donors (Lipinski definition) is 1. The summed E-state index contributed by atoms with van der Waals surface area (Å²) < 4.78 is 0. The second-order valence-corrected chi connectivity index (χ2v) is 5.64. The summed E-state index contributed by atoms with van der Waals surface area (Å²) in [5.74, 6) is 0. The van der Waals surface area contributed by atoms with Gasteiger partial charge in [-0.15, -0.1) is 0 Å². The summed E-state index contributed by atoms with van der Waals surface area (Å²) in [5.41, 5.74) is 8.90. The average Bonchev–Trinajstić information content (AvgIpc) is 2.41. The molecule has 2 nitrogen and oxygen atoms in total. The smallest absolute Gasteiger partial charge is 0.0459 e. The molecule has 0 fully saturated rings. The molecule has 0 aliphatic heterocycles. The molecule has 2 aromatic carbocycles. The molecule has 0 spiro atoms. The average molecular weight is 309 g/mol. The number of nitrogens with two attached hydrogens (primary N) is 1. The zero-order valence-electron chi connectivity index (χ0n) is 11.4. The Bertz CT molecular complexity index is 584. The van der Waals surface area contributed by atoms with Gasteiger partial charge in [-0.3, -0.25) is 0 Å². The van der Waals surface area contributed by atoms with Crippen LogP contribution in [0.15, 0.2) is 42.5 Å². The first-order valence-corrected chi connectivity index (χ1v) is 7.30. The van der Waals surface area contributed by atoms with Crippen LogP contribution in [0, 0.1) is 0 Å². The minimum Gasteiger partial charge on any atom is -0.370 e. The van der Waals surface area contributed by atoms with Crippen molar-refractivity contribution in [3.05, 3.63) is 63.6 Å². The quantitative estimate of drug-likeness (QED) is 0.900. The van der Waals surface area contributed by atoms with Crippen molar-refractivity contribution in [1.29, 1.82) is 0 Å². The lowest BCUT2D eigenvalue weighted by Gasteiger charge is -2.20. The Morgan fingerprint density at radius 1 is 1.10 bits per heavy atom. The van der Waals surface area contributed by atoms with E-state index in [1.54, 1.807) is 0 Å². The van der Waals surface area contributed by atoms with Gasteiger partial charge in [0, 0.05) is 29.3 Å². The maximum atomic E-state index is 6.28. The molecule has 0 aliphatic rings. The van der Waals surface area contributed by atoms with E-state index in [0.29, 0.717) is 6.54 Å². The predicted octanol–water partition coefficient (Wildman–Crippen LogP) is 4.13. The number of halogens is 2. The summed E-state index contributed by atoms with van der Waals surface area (Å²) >= 11 is 12.3. The standard InChI is InChI=1S/C16H18Cl2N2/c1-20(11-12-3-2-4-14(17)9-12)15-6-5-13(7-8-19)16(18)10-15/h2-6,9-10H,7-8,11,19H2,1H3. The monoisotopic (exact) mass is 308 g/mol. The van der Waals surface area contributed by atoms with E-state index in [1.165, 1.54) is 5.56 Å². The van der Waals surface area contributed by atoms with E-state index in [1.807, 2.05) is 37.4 Å². The third kappa shape index (κ3) is 3.89. The molecule has 2 N–H and O–H groups in total. The van der Waals surface area contributed by atoms with Crippen molar-refractivity contribution in [1.82, 2.24) is 0 Å². The first-order chi connectivity index (χ1) is 9.60. The fourth-order valence-corrected chi connectivity index (χ4v) is 2.61. The van der Waals surface area contributed by atoms with Crippen LogP contribution in [0.5, 0.6) is 0 Å². The topological polar surface area (TPSA) is 29.3 Å². The van der Waals surface area contributed by atoms with Crippen LogP contribution in [-0.4, -0.2) is 13.6 Å². The van der Waals surface area contributed by atoms with Gasteiger partial charge in [-0.2, -0.15) is 0 Å². The molecule has 0 unspecified atom stereocenters. The van der Waals surface area contributed by atoms with Crippen molar-refractivity contribution >= 4 is 28.9 Å². The maximum absolute atomic E-state index is 6.28. The number of nitrogens with zero attached hydrogens (tertiary/aromatic N) is 1. The summed E-state index contributed by atoms with van der Waals surface area (Å²) in [5, 5.41) is 1.53. The van der Waals surface area contributed by atoms with Gasteiger partial charge in [0.25, 0.3) is 0 Å². The third-order valence-electron chi connectivity index (χ3n) is 3.20. The molecule has 0 aromatic heterocycles. The maximum Gasteiger partial charge on any atom is 0.0459 e. The van der Waals surface area contributed by atoms with Gasteiger partial charge in [0.05, 0.1) is 0 Å². The normalized spacial score (nSPS) is 10.6. The zero-order valence-corrected chi connectivity index (χ0v) is 13.0. The largest absolute Gasteiger partial charge is 0.370 e. The van der Waals surface area contributed by atoms with Crippen molar-refractivity contribution in [2.45, 2.75) is 13.0 Å². The van der Waals surface area contributed by atoms with Crippen LogP contribution in [-0.2, 0) is 13.0 Å². The number of rotatable bonds is 5. The molecular weight excluding hydrogens is 291 g/mol. The molecule has 4 heteroatoms. The number of hydrogen-bond acceptors (Lipinski definition) is 2. The highest BCUT2D eigenvalue weighted by Crippen LogP contribution is 2.24. The first kappa shape index (κ1) is 15.2. The van der Waals surface area contributed by atoms with E-state index in [0.717, 1.165) is 34.3 Å². The van der Waals surface area contributed by atoms with Crippen molar-refractivity contribution in [3.63, 3.8) is 0 Å². The fraction of sp³-hybridized carbons (Fsp3) is 0.250. The SMILES string of the molecule is CN(Cc1cccc(Cl)c1)c1ccc(CCN)c(Cl)c1. The van der Waals surface area contributed by atoms with Crippen molar-refractivity contribution < 1.29 is 0 Å². The highest BCUT2D eigenvalue weighted by Gasteiger charge is 2.06. The Balaban J connectivity index is 2.13. The van der Waals surface area contributed by atoms with Crippen LogP contribution in [0.3, 0.4) is 0 Å². The molecular formula is C16H18Cl2N2. The summed E-state index contributed by atoms with van der Waals surface area (Å²) in [6, 6.07) is 14.0. The van der Waals surface area contributed by atoms with E-state index in [2.05, 4.69) is 17.0 Å². The van der Waals surface area contributed by atoms with Gasteiger partial charge in [-0.05, 0) is 48.4 Å². The van der Waals surface area contributed by atoms with Crippen LogP contribution in [0.25, 0.3) is 0 Å². The lowest BCUT2D eigenvalue weighted by molar-refractivity contribution is 0.919. The summed E-state index contributed by atoms with van der Waals surface area (Å²) in [6.45, 7) is 1.39. The Morgan fingerprint density at radius 2 is 1.90 bits per heavy atom. The van der Waals surface area contributed by atoms with Gasteiger partial charge in [-0.25, -0.2) is 0 Å². The summed E-state index contributed by atoms with van der Waals surface area (Å²) in [4.78, 5) is 2.14. The zero-order chi connectivity index (χ0) is 14.5. The molecule has 20 heavy (non-hydrogen) atoms. The molecule has 0 saturated heterocycles. The van der Waals surface area contributed by atoms with Gasteiger partial charge < -0.3 is 10.6 Å². The molecule has 0 amide bonds. The van der Waals surface area contributed by atoms with E-state index in [4.69, 9.17) is 28.9 Å². The lowest BCUT2D eigenvalue weighted by atomic mass is 10.1. The molecule has 2 aromatic rings. The highest BCUT2D eigenvalue weighted by molar-refractivity contribution is 6.31. The van der Waals surface area contributed by atoms with Crippen molar-refractivity contribution in [2.75, 3.05) is 18.5 Å². The molecule has 0 bridgehead atoms. The Labute approximate surface area is 130 Å². The molecule has 0 atom stereocenters. The fourth-order valence-electron chi connectivity index (χ4n) is 2.13. The van der Waals surface area contributed by atoms with Crippen LogP contribution in [0.2, 0.25) is 10.0 Å². The first-order valence-electron chi connectivity index (χ1n) is 6.54. The Hall–Kier alpha value is -1.22. The number of benzene rings is 2. The molecule has 2 rings (SSSR count). The van der Waals surface area contributed by atoms with E-state index < -0.39 is 0 Å². The predicted molar refractivity (Wildman–Crippen MR) is 87.8 cm³/mol. The second kappa shape index (κ2) is 6.98. The molecule has 0 radical (unpaired) electrons. The van der Waals surface area contributed by atoms with Gasteiger partial charge in [0.15, 0.2) is 0 Å². The summed E-state index contributed by atoms with van der Waals surface area (Å²) in [6.07, 6.45) is 0.803. The Morgan fingerprint density at radius 3 is 2.55 bits per heavy atom. The molecule has 0 saturated carbocycles. The third-order valence-corrected chi connectivity index (χ3v) is 3.79.